The van der Waals surface area contributed by atoms with Gasteiger partial charge in [0.2, 0.25) is 0 Å². The van der Waals surface area contributed by atoms with Gasteiger partial charge in [-0.05, 0) is 24.6 Å². The lowest BCUT2D eigenvalue weighted by Crippen LogP contribution is -2.39. The van der Waals surface area contributed by atoms with Crippen LogP contribution in [-0.4, -0.2) is 35.2 Å². The van der Waals surface area contributed by atoms with Crippen molar-refractivity contribution in [1.29, 1.82) is 0 Å². The molecule has 3 aromatic rings. The van der Waals surface area contributed by atoms with E-state index in [1.54, 1.807) is 6.20 Å². The van der Waals surface area contributed by atoms with Crippen LogP contribution in [0.2, 0.25) is 0 Å². The molecule has 2 aromatic carbocycles. The number of aromatic nitrogens is 2. The summed E-state index contributed by atoms with van der Waals surface area (Å²) in [6.45, 7) is 4.40. The van der Waals surface area contributed by atoms with Crippen LogP contribution < -0.4 is 15.4 Å². The Morgan fingerprint density at radius 2 is 1.94 bits per heavy atom. The first-order valence-electron chi connectivity index (χ1n) is 9.79. The molecule has 0 aliphatic rings. The molecule has 0 aliphatic carbocycles. The molecule has 0 atom stereocenters. The standard InChI is InChI=1S/C22H25F2N5O.HI/c1-2-25-22(27-11-13-30-20-9-8-18(23)14-19(20)24)28-15-21-26-10-12-29(21)16-17-6-4-3-5-7-17;/h3-10,12,14H,2,11,13,15-16H2,1H3,(H2,25,27,28);1H. The molecule has 9 heteroatoms. The summed E-state index contributed by atoms with van der Waals surface area (Å²) in [5, 5.41) is 6.29. The molecule has 0 bridgehead atoms. The molecule has 31 heavy (non-hydrogen) atoms. The fraction of sp³-hybridized carbons (Fsp3) is 0.273. The van der Waals surface area contributed by atoms with Gasteiger partial charge in [0.25, 0.3) is 0 Å². The van der Waals surface area contributed by atoms with Crippen LogP contribution in [0.25, 0.3) is 0 Å². The van der Waals surface area contributed by atoms with Crippen molar-refractivity contribution in [3.05, 3.63) is 83.9 Å². The molecule has 0 radical (unpaired) electrons. The van der Waals surface area contributed by atoms with Crippen LogP contribution in [0.5, 0.6) is 5.75 Å². The summed E-state index contributed by atoms with van der Waals surface area (Å²) in [6, 6.07) is 13.4. The molecule has 1 aromatic heterocycles. The maximum Gasteiger partial charge on any atom is 0.191 e. The van der Waals surface area contributed by atoms with E-state index in [-0.39, 0.29) is 36.3 Å². The highest BCUT2D eigenvalue weighted by Crippen LogP contribution is 2.17. The summed E-state index contributed by atoms with van der Waals surface area (Å²) in [5.74, 6) is 0.115. The zero-order valence-corrected chi connectivity index (χ0v) is 19.6. The topological polar surface area (TPSA) is 63.5 Å². The lowest BCUT2D eigenvalue weighted by atomic mass is 10.2. The lowest BCUT2D eigenvalue weighted by molar-refractivity contribution is 0.304. The van der Waals surface area contributed by atoms with Gasteiger partial charge in [0.15, 0.2) is 17.5 Å². The minimum absolute atomic E-state index is 0. The summed E-state index contributed by atoms with van der Waals surface area (Å²) >= 11 is 0. The Hall–Kier alpha value is -2.69. The quantitative estimate of drug-likeness (QED) is 0.186. The molecule has 6 nitrogen and oxygen atoms in total. The highest BCUT2D eigenvalue weighted by Gasteiger charge is 2.06. The van der Waals surface area contributed by atoms with Gasteiger partial charge in [0.05, 0.1) is 6.54 Å². The Balaban J connectivity index is 0.00000341. The van der Waals surface area contributed by atoms with Crippen LogP contribution in [0.15, 0.2) is 65.9 Å². The SMILES string of the molecule is CCNC(=NCc1nccn1Cc1ccccc1)NCCOc1ccc(F)cc1F.I. The molecule has 0 spiro atoms. The van der Waals surface area contributed by atoms with Crippen molar-refractivity contribution in [2.45, 2.75) is 20.0 Å². The number of halogens is 3. The molecule has 0 saturated heterocycles. The maximum absolute atomic E-state index is 13.6. The average molecular weight is 541 g/mol. The second-order valence-corrected chi connectivity index (χ2v) is 6.50. The fourth-order valence-corrected chi connectivity index (χ4v) is 2.83. The molecule has 3 rings (SSSR count). The van der Waals surface area contributed by atoms with Crippen LogP contribution >= 0.6 is 24.0 Å². The van der Waals surface area contributed by atoms with Gasteiger partial charge in [-0.15, -0.1) is 24.0 Å². The smallest absolute Gasteiger partial charge is 0.191 e. The Bertz CT molecular complexity index is 966. The zero-order chi connectivity index (χ0) is 21.2. The average Bonchev–Trinajstić information content (AvgIpc) is 3.18. The first-order chi connectivity index (χ1) is 14.7. The number of hydrogen-bond donors (Lipinski definition) is 2. The second-order valence-electron chi connectivity index (χ2n) is 6.50. The van der Waals surface area contributed by atoms with E-state index in [4.69, 9.17) is 4.74 Å². The highest BCUT2D eigenvalue weighted by molar-refractivity contribution is 14.0. The monoisotopic (exact) mass is 541 g/mol. The highest BCUT2D eigenvalue weighted by atomic mass is 127. The normalized spacial score (nSPS) is 11.0. The number of guanidine groups is 1. The van der Waals surface area contributed by atoms with Gasteiger partial charge in [0.1, 0.15) is 24.8 Å². The molecule has 0 saturated carbocycles. The van der Waals surface area contributed by atoms with Gasteiger partial charge < -0.3 is 19.9 Å². The predicted octanol–water partition coefficient (Wildman–Crippen LogP) is 3.96. The van der Waals surface area contributed by atoms with Gasteiger partial charge >= 0.3 is 0 Å². The Morgan fingerprint density at radius 3 is 2.68 bits per heavy atom. The molecule has 1 heterocycles. The van der Waals surface area contributed by atoms with Crippen LogP contribution in [0.4, 0.5) is 8.78 Å². The van der Waals surface area contributed by atoms with Gasteiger partial charge in [-0.3, -0.25) is 0 Å². The number of imidazole rings is 1. The third kappa shape index (κ3) is 7.82. The van der Waals surface area contributed by atoms with Gasteiger partial charge in [-0.1, -0.05) is 30.3 Å². The number of ether oxygens (including phenoxy) is 1. The van der Waals surface area contributed by atoms with E-state index < -0.39 is 11.6 Å². The molecular weight excluding hydrogens is 515 g/mol. The number of benzene rings is 2. The fourth-order valence-electron chi connectivity index (χ4n) is 2.83. The first-order valence-corrected chi connectivity index (χ1v) is 9.79. The molecule has 0 unspecified atom stereocenters. The van der Waals surface area contributed by atoms with Crippen LogP contribution in [0, 0.1) is 11.6 Å². The van der Waals surface area contributed by atoms with Crippen LogP contribution in [0.3, 0.4) is 0 Å². The molecule has 0 aliphatic heterocycles. The number of rotatable bonds is 9. The van der Waals surface area contributed by atoms with E-state index in [2.05, 4.69) is 37.3 Å². The molecule has 166 valence electrons. The zero-order valence-electron chi connectivity index (χ0n) is 17.2. The molecule has 2 N–H and O–H groups in total. The number of hydrogen-bond acceptors (Lipinski definition) is 3. The summed E-state index contributed by atoms with van der Waals surface area (Å²) in [4.78, 5) is 8.96. The summed E-state index contributed by atoms with van der Waals surface area (Å²) in [5.41, 5.74) is 1.19. The molecule has 0 amide bonds. The van der Waals surface area contributed by atoms with E-state index in [0.717, 1.165) is 24.5 Å². The summed E-state index contributed by atoms with van der Waals surface area (Å²) < 4.78 is 33.9. The number of aliphatic imine (C=N–C) groups is 1. The van der Waals surface area contributed by atoms with Gasteiger partial charge in [-0.2, -0.15) is 0 Å². The van der Waals surface area contributed by atoms with E-state index in [9.17, 15) is 8.78 Å². The van der Waals surface area contributed by atoms with Crippen molar-refractivity contribution >= 4 is 29.9 Å². The van der Waals surface area contributed by atoms with Crippen LogP contribution in [0.1, 0.15) is 18.3 Å². The van der Waals surface area contributed by atoms with Gasteiger partial charge in [-0.25, -0.2) is 18.8 Å². The van der Waals surface area contributed by atoms with Crippen molar-refractivity contribution in [3.63, 3.8) is 0 Å². The van der Waals surface area contributed by atoms with Gasteiger partial charge in [0, 0.05) is 31.5 Å². The van der Waals surface area contributed by atoms with Crippen molar-refractivity contribution in [2.24, 2.45) is 4.99 Å². The van der Waals surface area contributed by atoms with E-state index in [1.165, 1.54) is 11.6 Å². The predicted molar refractivity (Wildman–Crippen MR) is 128 cm³/mol. The molecule has 0 fully saturated rings. The summed E-state index contributed by atoms with van der Waals surface area (Å²) in [6.07, 6.45) is 3.70. The minimum Gasteiger partial charge on any atom is -0.489 e. The molecular formula is C22H26F2IN5O. The number of nitrogens with zero attached hydrogens (tertiary/aromatic N) is 3. The minimum atomic E-state index is -0.721. The maximum atomic E-state index is 13.6. The van der Waals surface area contributed by atoms with E-state index in [1.807, 2.05) is 31.3 Å². The largest absolute Gasteiger partial charge is 0.489 e. The Kier molecular flexibility index (Phi) is 10.2. The third-order valence-electron chi connectivity index (χ3n) is 4.27. The summed E-state index contributed by atoms with van der Waals surface area (Å²) in [7, 11) is 0. The van der Waals surface area contributed by atoms with Crippen molar-refractivity contribution in [1.82, 2.24) is 20.2 Å². The first kappa shape index (κ1) is 24.6. The Labute approximate surface area is 197 Å². The van der Waals surface area contributed by atoms with Crippen molar-refractivity contribution in [2.75, 3.05) is 19.7 Å². The van der Waals surface area contributed by atoms with Crippen LogP contribution in [-0.2, 0) is 13.1 Å². The Morgan fingerprint density at radius 1 is 1.13 bits per heavy atom. The lowest BCUT2D eigenvalue weighted by Gasteiger charge is -2.13. The third-order valence-corrected chi connectivity index (χ3v) is 4.27. The van der Waals surface area contributed by atoms with E-state index >= 15 is 0 Å². The van der Waals surface area contributed by atoms with Crippen molar-refractivity contribution < 1.29 is 13.5 Å². The number of nitrogens with one attached hydrogen (secondary N) is 2. The van der Waals surface area contributed by atoms with E-state index in [0.29, 0.717) is 25.6 Å². The van der Waals surface area contributed by atoms with Crippen molar-refractivity contribution in [3.8, 4) is 5.75 Å². The second kappa shape index (κ2) is 12.9.